The Hall–Kier alpha value is -2.30. The Morgan fingerprint density at radius 2 is 1.65 bits per heavy atom. The van der Waals surface area contributed by atoms with E-state index in [0.717, 1.165) is 0 Å². The van der Waals surface area contributed by atoms with Gasteiger partial charge in [0.1, 0.15) is 5.75 Å². The molecule has 5 nitrogen and oxygen atoms in total. The van der Waals surface area contributed by atoms with Crippen molar-refractivity contribution in [3.05, 3.63) is 42.0 Å². The lowest BCUT2D eigenvalue weighted by Crippen LogP contribution is -2.09. The molecule has 0 aromatic heterocycles. The van der Waals surface area contributed by atoms with Crippen molar-refractivity contribution in [3.63, 3.8) is 0 Å². The molecular weight excluding hydrogens is 260 g/mol. The van der Waals surface area contributed by atoms with Gasteiger partial charge < -0.3 is 14.6 Å². The SMILES string of the molecule is C=C(C)C(=O)OCCCCOC(=O)c1ccc(O)cc1. The van der Waals surface area contributed by atoms with E-state index < -0.39 is 11.9 Å². The summed E-state index contributed by atoms with van der Waals surface area (Å²) < 4.78 is 9.95. The minimum absolute atomic E-state index is 0.0980. The van der Waals surface area contributed by atoms with Crippen LogP contribution in [0.4, 0.5) is 0 Å². The molecule has 0 fully saturated rings. The van der Waals surface area contributed by atoms with Crippen LogP contribution in [0.2, 0.25) is 0 Å². The molecule has 0 aliphatic heterocycles. The van der Waals surface area contributed by atoms with E-state index in [9.17, 15) is 9.59 Å². The Bertz CT molecular complexity index is 476. The van der Waals surface area contributed by atoms with Gasteiger partial charge in [-0.2, -0.15) is 0 Å². The van der Waals surface area contributed by atoms with E-state index in [1.54, 1.807) is 6.92 Å². The van der Waals surface area contributed by atoms with Crippen LogP contribution in [0.15, 0.2) is 36.4 Å². The molecule has 0 saturated heterocycles. The van der Waals surface area contributed by atoms with Crippen molar-refractivity contribution in [1.82, 2.24) is 0 Å². The highest BCUT2D eigenvalue weighted by Crippen LogP contribution is 2.10. The third-order valence-electron chi connectivity index (χ3n) is 2.46. The first-order chi connectivity index (χ1) is 9.50. The fourth-order valence-electron chi connectivity index (χ4n) is 1.34. The zero-order valence-electron chi connectivity index (χ0n) is 11.4. The first-order valence-corrected chi connectivity index (χ1v) is 6.29. The highest BCUT2D eigenvalue weighted by Gasteiger charge is 2.06. The van der Waals surface area contributed by atoms with Gasteiger partial charge in [-0.05, 0) is 44.0 Å². The van der Waals surface area contributed by atoms with Crippen LogP contribution in [0.3, 0.4) is 0 Å². The van der Waals surface area contributed by atoms with Gasteiger partial charge in [-0.15, -0.1) is 0 Å². The van der Waals surface area contributed by atoms with Crippen molar-refractivity contribution in [2.45, 2.75) is 19.8 Å². The summed E-state index contributed by atoms with van der Waals surface area (Å²) in [6.07, 6.45) is 1.22. The number of phenols is 1. The summed E-state index contributed by atoms with van der Waals surface area (Å²) in [7, 11) is 0. The number of carbonyl (C=O) groups excluding carboxylic acids is 2. The maximum atomic E-state index is 11.6. The van der Waals surface area contributed by atoms with Crippen molar-refractivity contribution in [2.75, 3.05) is 13.2 Å². The van der Waals surface area contributed by atoms with Gasteiger partial charge in [0.25, 0.3) is 0 Å². The molecule has 1 N–H and O–H groups in total. The van der Waals surface area contributed by atoms with E-state index >= 15 is 0 Å². The zero-order chi connectivity index (χ0) is 15.0. The van der Waals surface area contributed by atoms with Crippen LogP contribution in [0.1, 0.15) is 30.1 Å². The van der Waals surface area contributed by atoms with Crippen molar-refractivity contribution in [2.24, 2.45) is 0 Å². The molecule has 5 heteroatoms. The largest absolute Gasteiger partial charge is 0.508 e. The van der Waals surface area contributed by atoms with E-state index in [0.29, 0.717) is 24.0 Å². The van der Waals surface area contributed by atoms with Crippen LogP contribution in [0, 0.1) is 0 Å². The number of unbranched alkanes of at least 4 members (excludes halogenated alkanes) is 1. The maximum Gasteiger partial charge on any atom is 0.338 e. The number of rotatable bonds is 7. The van der Waals surface area contributed by atoms with Gasteiger partial charge in [0.15, 0.2) is 0 Å². The topological polar surface area (TPSA) is 72.8 Å². The molecule has 0 radical (unpaired) electrons. The van der Waals surface area contributed by atoms with E-state index in [1.165, 1.54) is 24.3 Å². The Balaban J connectivity index is 2.15. The molecule has 20 heavy (non-hydrogen) atoms. The molecule has 0 aliphatic rings. The van der Waals surface area contributed by atoms with Crippen LogP contribution in [-0.2, 0) is 14.3 Å². The van der Waals surface area contributed by atoms with Crippen LogP contribution in [-0.4, -0.2) is 30.3 Å². The molecule has 0 aliphatic carbocycles. The lowest BCUT2D eigenvalue weighted by atomic mass is 10.2. The number of esters is 2. The lowest BCUT2D eigenvalue weighted by Gasteiger charge is -2.06. The van der Waals surface area contributed by atoms with Gasteiger partial charge in [0, 0.05) is 5.57 Å². The van der Waals surface area contributed by atoms with Crippen LogP contribution >= 0.6 is 0 Å². The Labute approximate surface area is 117 Å². The summed E-state index contributed by atoms with van der Waals surface area (Å²) in [6, 6.07) is 5.83. The number of ether oxygens (including phenoxy) is 2. The quantitative estimate of drug-likeness (QED) is 0.471. The molecule has 0 saturated carbocycles. The van der Waals surface area contributed by atoms with Gasteiger partial charge in [-0.1, -0.05) is 6.58 Å². The van der Waals surface area contributed by atoms with Crippen LogP contribution in [0.25, 0.3) is 0 Å². The second-order valence-corrected chi connectivity index (χ2v) is 4.31. The molecule has 0 bridgehead atoms. The Morgan fingerprint density at radius 3 is 2.20 bits per heavy atom. The number of carbonyl (C=O) groups is 2. The molecule has 0 unspecified atom stereocenters. The van der Waals surface area contributed by atoms with Crippen molar-refractivity contribution in [3.8, 4) is 5.75 Å². The molecule has 0 amide bonds. The summed E-state index contributed by atoms with van der Waals surface area (Å²) in [5.41, 5.74) is 0.750. The summed E-state index contributed by atoms with van der Waals surface area (Å²) >= 11 is 0. The molecule has 1 rings (SSSR count). The van der Waals surface area contributed by atoms with Crippen molar-refractivity contribution in [1.29, 1.82) is 0 Å². The molecule has 1 aromatic carbocycles. The minimum atomic E-state index is -0.441. The lowest BCUT2D eigenvalue weighted by molar-refractivity contribution is -0.139. The highest BCUT2D eigenvalue weighted by atomic mass is 16.5. The van der Waals surface area contributed by atoms with Crippen LogP contribution < -0.4 is 0 Å². The number of hydrogen-bond acceptors (Lipinski definition) is 5. The average Bonchev–Trinajstić information content (AvgIpc) is 2.42. The molecule has 0 spiro atoms. The number of aromatic hydroxyl groups is 1. The monoisotopic (exact) mass is 278 g/mol. The summed E-state index contributed by atoms with van der Waals surface area (Å²) in [5.74, 6) is -0.754. The molecule has 1 aromatic rings. The molecular formula is C15H18O5. The predicted molar refractivity (Wildman–Crippen MR) is 73.4 cm³/mol. The Kier molecular flexibility index (Phi) is 6.29. The zero-order valence-corrected chi connectivity index (χ0v) is 11.4. The van der Waals surface area contributed by atoms with E-state index in [-0.39, 0.29) is 19.0 Å². The third-order valence-corrected chi connectivity index (χ3v) is 2.46. The standard InChI is InChI=1S/C15H18O5/c1-11(2)14(17)19-9-3-4-10-20-15(18)12-5-7-13(16)8-6-12/h5-8,16H,1,3-4,9-10H2,2H3. The maximum absolute atomic E-state index is 11.6. The third kappa shape index (κ3) is 5.56. The first-order valence-electron chi connectivity index (χ1n) is 6.29. The van der Waals surface area contributed by atoms with Gasteiger partial charge in [-0.25, -0.2) is 9.59 Å². The number of phenolic OH excluding ortho intramolecular Hbond substituents is 1. The van der Waals surface area contributed by atoms with E-state index in [1.807, 2.05) is 0 Å². The first kappa shape index (κ1) is 15.8. The second-order valence-electron chi connectivity index (χ2n) is 4.31. The summed E-state index contributed by atoms with van der Waals surface area (Å²) in [4.78, 5) is 22.7. The minimum Gasteiger partial charge on any atom is -0.508 e. The normalized spacial score (nSPS) is 9.85. The van der Waals surface area contributed by atoms with Crippen molar-refractivity contribution >= 4 is 11.9 Å². The molecule has 108 valence electrons. The van der Waals surface area contributed by atoms with Gasteiger partial charge in [-0.3, -0.25) is 0 Å². The van der Waals surface area contributed by atoms with E-state index in [2.05, 4.69) is 6.58 Å². The number of benzene rings is 1. The second kappa shape index (κ2) is 7.99. The number of hydrogen-bond donors (Lipinski definition) is 1. The van der Waals surface area contributed by atoms with Crippen LogP contribution in [0.5, 0.6) is 5.75 Å². The van der Waals surface area contributed by atoms with E-state index in [4.69, 9.17) is 14.6 Å². The average molecular weight is 278 g/mol. The fraction of sp³-hybridized carbons (Fsp3) is 0.333. The van der Waals surface area contributed by atoms with Gasteiger partial charge in [0.2, 0.25) is 0 Å². The highest BCUT2D eigenvalue weighted by molar-refractivity contribution is 5.89. The fourth-order valence-corrected chi connectivity index (χ4v) is 1.34. The summed E-state index contributed by atoms with van der Waals surface area (Å²) in [6.45, 7) is 5.59. The smallest absolute Gasteiger partial charge is 0.338 e. The Morgan fingerprint density at radius 1 is 1.10 bits per heavy atom. The molecule has 0 atom stereocenters. The summed E-state index contributed by atoms with van der Waals surface area (Å²) in [5, 5.41) is 9.10. The predicted octanol–water partition coefficient (Wildman–Crippen LogP) is 2.45. The van der Waals surface area contributed by atoms with Gasteiger partial charge >= 0.3 is 11.9 Å². The molecule has 0 heterocycles. The van der Waals surface area contributed by atoms with Crippen molar-refractivity contribution < 1.29 is 24.2 Å². The van der Waals surface area contributed by atoms with Gasteiger partial charge in [0.05, 0.1) is 18.8 Å².